The van der Waals surface area contributed by atoms with E-state index in [9.17, 15) is 4.79 Å². The lowest BCUT2D eigenvalue weighted by molar-refractivity contribution is -0.138. The van der Waals surface area contributed by atoms with E-state index in [0.717, 1.165) is 0 Å². The largest absolute Gasteiger partial charge is 0.411 e. The fourth-order valence-corrected chi connectivity index (χ4v) is 2.18. The van der Waals surface area contributed by atoms with Crippen LogP contribution in [0.5, 0.6) is 0 Å². The van der Waals surface area contributed by atoms with Crippen molar-refractivity contribution in [1.82, 2.24) is 0 Å². The smallest absolute Gasteiger partial charge is 0.334 e. The van der Waals surface area contributed by atoms with E-state index in [1.165, 1.54) is 0 Å². The van der Waals surface area contributed by atoms with Gasteiger partial charge in [0.25, 0.3) is 0 Å². The molecule has 0 heterocycles. The van der Waals surface area contributed by atoms with Crippen LogP contribution in [0.1, 0.15) is 16.5 Å². The molecule has 108 valence electrons. The van der Waals surface area contributed by atoms with E-state index in [1.54, 1.807) is 48.5 Å². The second kappa shape index (κ2) is 7.51. The van der Waals surface area contributed by atoms with Crippen LogP contribution in [0.25, 0.3) is 5.03 Å². The summed E-state index contributed by atoms with van der Waals surface area (Å²) in [5.74, 6) is -0.679. The van der Waals surface area contributed by atoms with Gasteiger partial charge in [-0.1, -0.05) is 72.3 Å². The number of hydrogen-bond donors (Lipinski definition) is 0. The molecule has 2 aromatic carbocycles. The SMILES string of the molecule is O=C(O/C(Cl)=C(\Cl)c1ccccc1)C(Cl)c1ccccc1. The van der Waals surface area contributed by atoms with E-state index in [2.05, 4.69) is 0 Å². The summed E-state index contributed by atoms with van der Waals surface area (Å²) in [6, 6.07) is 17.8. The second-order valence-corrected chi connectivity index (χ2v) is 5.31. The molecular weight excluding hydrogens is 331 g/mol. The highest BCUT2D eigenvalue weighted by atomic mass is 35.5. The van der Waals surface area contributed by atoms with Crippen LogP contribution in [0.15, 0.2) is 65.9 Å². The van der Waals surface area contributed by atoms with Gasteiger partial charge in [-0.2, -0.15) is 0 Å². The van der Waals surface area contributed by atoms with Crippen molar-refractivity contribution in [3.05, 3.63) is 77.0 Å². The first-order chi connectivity index (χ1) is 10.1. The minimum absolute atomic E-state index is 0.155. The summed E-state index contributed by atoms with van der Waals surface area (Å²) in [6.45, 7) is 0. The van der Waals surface area contributed by atoms with Crippen molar-refractivity contribution in [3.8, 4) is 0 Å². The fraction of sp³-hybridized carbons (Fsp3) is 0.0625. The number of esters is 1. The quantitative estimate of drug-likeness (QED) is 0.428. The molecule has 2 nitrogen and oxygen atoms in total. The van der Waals surface area contributed by atoms with Crippen molar-refractivity contribution in [2.75, 3.05) is 0 Å². The van der Waals surface area contributed by atoms with Gasteiger partial charge in [0.05, 0.1) is 0 Å². The molecule has 0 bridgehead atoms. The van der Waals surface area contributed by atoms with Crippen molar-refractivity contribution < 1.29 is 9.53 Å². The molecule has 0 aliphatic carbocycles. The highest BCUT2D eigenvalue weighted by Crippen LogP contribution is 2.29. The van der Waals surface area contributed by atoms with Crippen LogP contribution in [0, 0.1) is 0 Å². The highest BCUT2D eigenvalue weighted by molar-refractivity contribution is 6.54. The summed E-state index contributed by atoms with van der Waals surface area (Å²) in [5, 5.41) is -0.989. The van der Waals surface area contributed by atoms with Gasteiger partial charge in [-0.25, -0.2) is 4.79 Å². The van der Waals surface area contributed by atoms with E-state index in [4.69, 9.17) is 39.5 Å². The summed E-state index contributed by atoms with van der Waals surface area (Å²) in [6.07, 6.45) is 0. The molecule has 0 saturated heterocycles. The molecule has 0 radical (unpaired) electrons. The van der Waals surface area contributed by atoms with Crippen molar-refractivity contribution >= 4 is 45.8 Å². The van der Waals surface area contributed by atoms with Crippen LogP contribution < -0.4 is 0 Å². The predicted octanol–water partition coefficient (Wildman–Crippen LogP) is 5.31. The molecule has 0 fully saturated rings. The van der Waals surface area contributed by atoms with Gasteiger partial charge in [0.2, 0.25) is 5.22 Å². The number of halogens is 3. The molecule has 0 amide bonds. The summed E-state index contributed by atoms with van der Waals surface area (Å²) < 4.78 is 5.02. The van der Waals surface area contributed by atoms with Crippen LogP contribution >= 0.6 is 34.8 Å². The van der Waals surface area contributed by atoms with Crippen molar-refractivity contribution in [2.24, 2.45) is 0 Å². The first-order valence-corrected chi connectivity index (χ1v) is 7.30. The first-order valence-electron chi connectivity index (χ1n) is 6.11. The molecule has 2 aromatic rings. The molecule has 1 atom stereocenters. The molecule has 1 unspecified atom stereocenters. The molecule has 0 spiro atoms. The topological polar surface area (TPSA) is 26.3 Å². The van der Waals surface area contributed by atoms with E-state index in [1.807, 2.05) is 12.1 Å². The molecule has 0 aromatic heterocycles. The average molecular weight is 342 g/mol. The Hall–Kier alpha value is -1.48. The van der Waals surface area contributed by atoms with Crippen LogP contribution in [0.3, 0.4) is 0 Å². The number of alkyl halides is 1. The zero-order valence-electron chi connectivity index (χ0n) is 10.8. The Kier molecular flexibility index (Phi) is 5.68. The summed E-state index contributed by atoms with van der Waals surface area (Å²) >= 11 is 18.1. The van der Waals surface area contributed by atoms with Crippen LogP contribution in [-0.2, 0) is 9.53 Å². The monoisotopic (exact) mass is 340 g/mol. The third-order valence-corrected chi connectivity index (χ3v) is 3.87. The number of carbonyl (C=O) groups excluding carboxylic acids is 1. The summed E-state index contributed by atoms with van der Waals surface area (Å²) in [5.41, 5.74) is 1.28. The van der Waals surface area contributed by atoms with Crippen molar-refractivity contribution in [2.45, 2.75) is 5.38 Å². The zero-order chi connectivity index (χ0) is 15.2. The zero-order valence-corrected chi connectivity index (χ0v) is 13.1. The number of ether oxygens (including phenoxy) is 1. The summed E-state index contributed by atoms with van der Waals surface area (Å²) in [7, 11) is 0. The molecule has 0 aliphatic heterocycles. The third kappa shape index (κ3) is 4.24. The van der Waals surface area contributed by atoms with Crippen LogP contribution in [0.2, 0.25) is 0 Å². The van der Waals surface area contributed by atoms with Gasteiger partial charge in [-0.3, -0.25) is 0 Å². The molecule has 0 N–H and O–H groups in total. The van der Waals surface area contributed by atoms with Gasteiger partial charge in [0.15, 0.2) is 5.38 Å². The lowest BCUT2D eigenvalue weighted by Gasteiger charge is -2.10. The van der Waals surface area contributed by atoms with Gasteiger partial charge in [0, 0.05) is 0 Å². The van der Waals surface area contributed by atoms with Gasteiger partial charge in [0.1, 0.15) is 5.03 Å². The third-order valence-electron chi connectivity index (χ3n) is 2.69. The van der Waals surface area contributed by atoms with Crippen LogP contribution in [-0.4, -0.2) is 5.97 Å². The predicted molar refractivity (Wildman–Crippen MR) is 86.2 cm³/mol. The number of benzene rings is 2. The maximum atomic E-state index is 12.0. The fourth-order valence-electron chi connectivity index (χ4n) is 1.64. The Morgan fingerprint density at radius 3 is 2.00 bits per heavy atom. The average Bonchev–Trinajstić information content (AvgIpc) is 2.55. The van der Waals surface area contributed by atoms with Crippen molar-refractivity contribution in [3.63, 3.8) is 0 Å². The number of rotatable bonds is 4. The summed E-state index contributed by atoms with van der Waals surface area (Å²) in [4.78, 5) is 12.0. The van der Waals surface area contributed by atoms with E-state index < -0.39 is 11.3 Å². The van der Waals surface area contributed by atoms with E-state index >= 15 is 0 Å². The minimum Gasteiger partial charge on any atom is -0.411 e. The number of carbonyl (C=O) groups is 1. The van der Waals surface area contributed by atoms with Crippen molar-refractivity contribution in [1.29, 1.82) is 0 Å². The second-order valence-electron chi connectivity index (χ2n) is 4.15. The number of hydrogen-bond acceptors (Lipinski definition) is 2. The molecule has 0 saturated carbocycles. The lowest BCUT2D eigenvalue weighted by atomic mass is 10.1. The minimum atomic E-state index is -0.944. The van der Waals surface area contributed by atoms with Gasteiger partial charge < -0.3 is 4.74 Å². The standard InChI is InChI=1S/C16H11Cl3O2/c17-13(11-7-3-1-4-8-11)15(19)21-16(20)14(18)12-9-5-2-6-10-12/h1-10,14H/b15-13-. The Labute approximate surface area is 137 Å². The highest BCUT2D eigenvalue weighted by Gasteiger charge is 2.21. The van der Waals surface area contributed by atoms with Gasteiger partial charge >= 0.3 is 5.97 Å². The van der Waals surface area contributed by atoms with Crippen LogP contribution in [0.4, 0.5) is 0 Å². The van der Waals surface area contributed by atoms with E-state index in [-0.39, 0.29) is 10.3 Å². The molecule has 5 heteroatoms. The molecule has 21 heavy (non-hydrogen) atoms. The Morgan fingerprint density at radius 1 is 0.905 bits per heavy atom. The lowest BCUT2D eigenvalue weighted by Crippen LogP contribution is -2.10. The maximum Gasteiger partial charge on any atom is 0.334 e. The maximum absolute atomic E-state index is 12.0. The Morgan fingerprint density at radius 2 is 1.43 bits per heavy atom. The van der Waals surface area contributed by atoms with E-state index in [0.29, 0.717) is 11.1 Å². The molecular formula is C16H11Cl3O2. The molecule has 0 aliphatic rings. The Balaban J connectivity index is 2.12. The normalized spacial score (nSPS) is 13.3. The first kappa shape index (κ1) is 15.9. The van der Waals surface area contributed by atoms with Gasteiger partial charge in [-0.15, -0.1) is 11.6 Å². The molecule has 2 rings (SSSR count). The van der Waals surface area contributed by atoms with Gasteiger partial charge in [-0.05, 0) is 22.7 Å². The Bertz CT molecular complexity index is 639.